The van der Waals surface area contributed by atoms with E-state index >= 15 is 0 Å². The molecule has 126 valence electrons. The summed E-state index contributed by atoms with van der Waals surface area (Å²) in [4.78, 5) is 18.6. The van der Waals surface area contributed by atoms with Crippen LogP contribution in [0.2, 0.25) is 0 Å². The average molecular weight is 328 g/mol. The van der Waals surface area contributed by atoms with Crippen LogP contribution in [0.25, 0.3) is 0 Å². The maximum atomic E-state index is 12.2. The number of imidazole rings is 1. The summed E-state index contributed by atoms with van der Waals surface area (Å²) in [6.07, 6.45) is 3.62. The van der Waals surface area contributed by atoms with Crippen molar-refractivity contribution >= 4 is 5.91 Å². The van der Waals surface area contributed by atoms with Gasteiger partial charge in [-0.15, -0.1) is 0 Å². The first-order valence-electron chi connectivity index (χ1n) is 8.15. The molecule has 0 bridgehead atoms. The van der Waals surface area contributed by atoms with Crippen molar-refractivity contribution in [2.24, 2.45) is 0 Å². The highest BCUT2D eigenvalue weighted by molar-refractivity contribution is 5.78. The van der Waals surface area contributed by atoms with E-state index in [1.54, 1.807) is 6.20 Å². The van der Waals surface area contributed by atoms with Gasteiger partial charge in [0, 0.05) is 25.5 Å². The molecular formula is C17H20N4O3. The lowest BCUT2D eigenvalue weighted by Crippen LogP contribution is -2.45. The molecular weight excluding hydrogens is 308 g/mol. The largest absolute Gasteiger partial charge is 0.486 e. The molecule has 7 heteroatoms. The predicted octanol–water partition coefficient (Wildman–Crippen LogP) is 0.655. The first kappa shape index (κ1) is 15.0. The van der Waals surface area contributed by atoms with Crippen LogP contribution in [0.4, 0.5) is 0 Å². The molecule has 1 aromatic carbocycles. The van der Waals surface area contributed by atoms with Crippen molar-refractivity contribution < 1.29 is 14.3 Å². The Bertz CT molecular complexity index is 730. The van der Waals surface area contributed by atoms with Gasteiger partial charge in [0.25, 0.3) is 0 Å². The summed E-state index contributed by atoms with van der Waals surface area (Å²) >= 11 is 0. The first-order valence-corrected chi connectivity index (χ1v) is 8.15. The van der Waals surface area contributed by atoms with Crippen molar-refractivity contribution in [1.29, 1.82) is 0 Å². The summed E-state index contributed by atoms with van der Waals surface area (Å²) in [5.74, 6) is 2.49. The number of rotatable bonds is 4. The molecule has 1 N–H and O–H groups in total. The van der Waals surface area contributed by atoms with E-state index < -0.39 is 0 Å². The average Bonchev–Trinajstić information content (AvgIpc) is 3.07. The van der Waals surface area contributed by atoms with Gasteiger partial charge in [0.1, 0.15) is 18.5 Å². The summed E-state index contributed by atoms with van der Waals surface area (Å²) in [6, 6.07) is 7.57. The molecule has 1 atom stereocenters. The van der Waals surface area contributed by atoms with E-state index in [0.29, 0.717) is 26.2 Å². The lowest BCUT2D eigenvalue weighted by Gasteiger charge is -2.28. The number of para-hydroxylation sites is 2. The van der Waals surface area contributed by atoms with Gasteiger partial charge in [-0.2, -0.15) is 0 Å². The molecule has 2 aliphatic heterocycles. The molecule has 0 aliphatic carbocycles. The third kappa shape index (κ3) is 3.21. The highest BCUT2D eigenvalue weighted by Gasteiger charge is 2.22. The van der Waals surface area contributed by atoms with E-state index in [9.17, 15) is 4.79 Å². The van der Waals surface area contributed by atoms with E-state index in [1.807, 2.05) is 30.5 Å². The minimum atomic E-state index is -0.163. The third-order valence-corrected chi connectivity index (χ3v) is 4.29. The Labute approximate surface area is 140 Å². The van der Waals surface area contributed by atoms with Crippen LogP contribution < -0.4 is 14.8 Å². The molecule has 3 heterocycles. The van der Waals surface area contributed by atoms with Crippen molar-refractivity contribution in [3.05, 3.63) is 42.5 Å². The second-order valence-corrected chi connectivity index (χ2v) is 6.05. The number of amides is 1. The first-order chi connectivity index (χ1) is 11.8. The Morgan fingerprint density at radius 2 is 2.17 bits per heavy atom. The standard InChI is InChI=1S/C17H20N4O3/c22-17(11-20-7-8-21-6-5-18-16(21)10-20)19-9-13-12-23-14-3-1-2-4-15(14)24-13/h1-6,13H,7-12H2,(H,19,22)/t13-/m0/s1. The van der Waals surface area contributed by atoms with Gasteiger partial charge in [0.15, 0.2) is 11.5 Å². The fourth-order valence-corrected chi connectivity index (χ4v) is 3.01. The van der Waals surface area contributed by atoms with Gasteiger partial charge in [0.05, 0.1) is 19.6 Å². The molecule has 1 aromatic heterocycles. The van der Waals surface area contributed by atoms with Gasteiger partial charge in [-0.25, -0.2) is 4.98 Å². The fraction of sp³-hybridized carbons (Fsp3) is 0.412. The summed E-state index contributed by atoms with van der Waals surface area (Å²) in [7, 11) is 0. The normalized spacial score (nSPS) is 19.6. The highest BCUT2D eigenvalue weighted by Crippen LogP contribution is 2.30. The topological polar surface area (TPSA) is 68.6 Å². The van der Waals surface area contributed by atoms with Gasteiger partial charge >= 0.3 is 0 Å². The molecule has 0 saturated carbocycles. The van der Waals surface area contributed by atoms with Gasteiger partial charge in [-0.3, -0.25) is 9.69 Å². The molecule has 0 saturated heterocycles. The smallest absolute Gasteiger partial charge is 0.234 e. The van der Waals surface area contributed by atoms with Crippen LogP contribution in [-0.2, 0) is 17.9 Å². The SMILES string of the molecule is O=C(CN1CCn2ccnc2C1)NC[C@H]1COc2ccccc2O1. The Hall–Kier alpha value is -2.54. The van der Waals surface area contributed by atoms with Crippen LogP contribution in [0.5, 0.6) is 11.5 Å². The zero-order valence-electron chi connectivity index (χ0n) is 13.4. The van der Waals surface area contributed by atoms with Crippen LogP contribution in [-0.4, -0.2) is 52.7 Å². The minimum Gasteiger partial charge on any atom is -0.486 e. The number of hydrogen-bond acceptors (Lipinski definition) is 5. The van der Waals surface area contributed by atoms with Crippen molar-refractivity contribution in [2.75, 3.05) is 26.2 Å². The van der Waals surface area contributed by atoms with E-state index in [0.717, 1.165) is 30.4 Å². The summed E-state index contributed by atoms with van der Waals surface area (Å²) < 4.78 is 13.6. The number of aromatic nitrogens is 2. The maximum Gasteiger partial charge on any atom is 0.234 e. The lowest BCUT2D eigenvalue weighted by molar-refractivity contribution is -0.123. The number of ether oxygens (including phenoxy) is 2. The number of fused-ring (bicyclic) bond motifs is 2. The number of nitrogens with one attached hydrogen (secondary N) is 1. The molecule has 2 aliphatic rings. The molecule has 0 radical (unpaired) electrons. The molecule has 4 rings (SSSR count). The molecule has 0 unspecified atom stereocenters. The van der Waals surface area contributed by atoms with Crippen molar-refractivity contribution in [2.45, 2.75) is 19.2 Å². The second kappa shape index (κ2) is 6.52. The summed E-state index contributed by atoms with van der Waals surface area (Å²) in [5, 5.41) is 2.94. The summed E-state index contributed by atoms with van der Waals surface area (Å²) in [5.41, 5.74) is 0. The number of carbonyl (C=O) groups excluding carboxylic acids is 1. The molecule has 7 nitrogen and oxygen atoms in total. The molecule has 0 spiro atoms. The minimum absolute atomic E-state index is 0.00235. The highest BCUT2D eigenvalue weighted by atomic mass is 16.6. The summed E-state index contributed by atoms with van der Waals surface area (Å²) in [6.45, 7) is 3.69. The van der Waals surface area contributed by atoms with Crippen molar-refractivity contribution in [1.82, 2.24) is 19.8 Å². The molecule has 2 aromatic rings. The van der Waals surface area contributed by atoms with Crippen molar-refractivity contribution in [3.8, 4) is 11.5 Å². The van der Waals surface area contributed by atoms with Gasteiger partial charge in [-0.1, -0.05) is 12.1 Å². The Kier molecular flexibility index (Phi) is 4.08. The van der Waals surface area contributed by atoms with Crippen LogP contribution in [0.3, 0.4) is 0 Å². The number of hydrogen-bond donors (Lipinski definition) is 1. The quantitative estimate of drug-likeness (QED) is 0.893. The second-order valence-electron chi connectivity index (χ2n) is 6.05. The van der Waals surface area contributed by atoms with Crippen LogP contribution in [0.1, 0.15) is 5.82 Å². The molecule has 24 heavy (non-hydrogen) atoms. The molecule has 1 amide bonds. The predicted molar refractivity (Wildman–Crippen MR) is 86.9 cm³/mol. The van der Waals surface area contributed by atoms with Crippen LogP contribution in [0.15, 0.2) is 36.7 Å². The van der Waals surface area contributed by atoms with E-state index in [4.69, 9.17) is 9.47 Å². The molecule has 0 fully saturated rings. The van der Waals surface area contributed by atoms with Gasteiger partial charge in [0.2, 0.25) is 5.91 Å². The van der Waals surface area contributed by atoms with Crippen molar-refractivity contribution in [3.63, 3.8) is 0 Å². The van der Waals surface area contributed by atoms with Gasteiger partial charge in [-0.05, 0) is 12.1 Å². The van der Waals surface area contributed by atoms with Gasteiger partial charge < -0.3 is 19.4 Å². The maximum absolute atomic E-state index is 12.2. The van der Waals surface area contributed by atoms with E-state index in [2.05, 4.69) is 19.8 Å². The monoisotopic (exact) mass is 328 g/mol. The number of nitrogens with zero attached hydrogens (tertiary/aromatic N) is 3. The Balaban J connectivity index is 1.24. The lowest BCUT2D eigenvalue weighted by atomic mass is 10.2. The van der Waals surface area contributed by atoms with E-state index in [1.165, 1.54) is 0 Å². The fourth-order valence-electron chi connectivity index (χ4n) is 3.01. The zero-order valence-corrected chi connectivity index (χ0v) is 13.4. The number of carbonyl (C=O) groups is 1. The Morgan fingerprint density at radius 1 is 1.29 bits per heavy atom. The van der Waals surface area contributed by atoms with Crippen LogP contribution >= 0.6 is 0 Å². The Morgan fingerprint density at radius 3 is 3.08 bits per heavy atom. The zero-order chi connectivity index (χ0) is 16.4. The van der Waals surface area contributed by atoms with Crippen LogP contribution in [0, 0.1) is 0 Å². The number of benzene rings is 1. The third-order valence-electron chi connectivity index (χ3n) is 4.29. The van der Waals surface area contributed by atoms with E-state index in [-0.39, 0.29) is 12.0 Å².